The topological polar surface area (TPSA) is 112 Å². The lowest BCUT2D eigenvalue weighted by atomic mass is 10.1. The van der Waals surface area contributed by atoms with E-state index in [0.717, 1.165) is 11.1 Å². The van der Waals surface area contributed by atoms with Gasteiger partial charge in [-0.2, -0.15) is 5.10 Å². The molecule has 0 saturated carbocycles. The minimum absolute atomic E-state index is 0.0964. The molecule has 34 heavy (non-hydrogen) atoms. The highest BCUT2D eigenvalue weighted by Gasteiger charge is 2.32. The Bertz CT molecular complexity index is 1290. The number of nitrogens with zero attached hydrogens (tertiary/aromatic N) is 4. The quantitative estimate of drug-likeness (QED) is 0.226. The number of thiocarbonyl (C=S) groups is 1. The van der Waals surface area contributed by atoms with Crippen LogP contribution in [-0.4, -0.2) is 39.4 Å². The van der Waals surface area contributed by atoms with Crippen molar-refractivity contribution < 1.29 is 19.2 Å². The van der Waals surface area contributed by atoms with Gasteiger partial charge in [-0.05, 0) is 67.2 Å². The number of aromatic nitrogens is 2. The van der Waals surface area contributed by atoms with Gasteiger partial charge in [-0.1, -0.05) is 6.07 Å². The second-order valence-corrected chi connectivity index (χ2v) is 7.67. The molecule has 1 aliphatic rings. The molecule has 4 rings (SSSR count). The van der Waals surface area contributed by atoms with E-state index in [1.165, 1.54) is 29.1 Å². The van der Waals surface area contributed by atoms with E-state index >= 15 is 0 Å². The summed E-state index contributed by atoms with van der Waals surface area (Å²) in [4.78, 5) is 24.9. The van der Waals surface area contributed by atoms with E-state index in [0.29, 0.717) is 29.5 Å². The van der Waals surface area contributed by atoms with Gasteiger partial charge in [0.2, 0.25) is 0 Å². The highest BCUT2D eigenvalue weighted by atomic mass is 32.1. The molecule has 1 N–H and O–H groups in total. The lowest BCUT2D eigenvalue weighted by Gasteiger charge is -2.14. The fourth-order valence-electron chi connectivity index (χ4n) is 3.51. The van der Waals surface area contributed by atoms with Crippen LogP contribution in [0.4, 0.5) is 11.4 Å². The molecule has 2 aromatic carbocycles. The summed E-state index contributed by atoms with van der Waals surface area (Å²) in [7, 11) is 1.54. The Balaban J connectivity index is 1.58. The van der Waals surface area contributed by atoms with Crippen LogP contribution in [0.2, 0.25) is 0 Å². The molecular weight excluding hydrogens is 458 g/mol. The van der Waals surface area contributed by atoms with Gasteiger partial charge in [-0.3, -0.25) is 24.5 Å². The second-order valence-electron chi connectivity index (χ2n) is 7.28. The number of carbonyl (C=O) groups is 1. The highest BCUT2D eigenvalue weighted by molar-refractivity contribution is 7.80. The monoisotopic (exact) mass is 479 g/mol. The summed E-state index contributed by atoms with van der Waals surface area (Å²) in [5, 5.41) is 18.2. The van der Waals surface area contributed by atoms with Crippen molar-refractivity contribution in [3.05, 3.63) is 81.8 Å². The Morgan fingerprint density at radius 1 is 1.24 bits per heavy atom. The summed E-state index contributed by atoms with van der Waals surface area (Å²) in [6.07, 6.45) is 4.23. The Labute approximate surface area is 200 Å². The van der Waals surface area contributed by atoms with Gasteiger partial charge >= 0.3 is 5.69 Å². The first-order chi connectivity index (χ1) is 16.4. The van der Waals surface area contributed by atoms with E-state index in [4.69, 9.17) is 21.7 Å². The van der Waals surface area contributed by atoms with Gasteiger partial charge in [0.25, 0.3) is 5.91 Å². The normalized spacial score (nSPS) is 14.4. The molecule has 1 saturated heterocycles. The first-order valence-corrected chi connectivity index (χ1v) is 10.7. The zero-order valence-corrected chi connectivity index (χ0v) is 19.2. The molecule has 1 aliphatic heterocycles. The van der Waals surface area contributed by atoms with E-state index in [1.807, 2.05) is 13.0 Å². The molecule has 1 amide bonds. The number of nitro groups is 1. The first-order valence-electron chi connectivity index (χ1n) is 10.3. The third kappa shape index (κ3) is 4.74. The van der Waals surface area contributed by atoms with Gasteiger partial charge in [0.15, 0.2) is 5.11 Å². The Morgan fingerprint density at radius 3 is 2.65 bits per heavy atom. The van der Waals surface area contributed by atoms with Crippen molar-refractivity contribution >= 4 is 40.7 Å². The number of methoxy groups -OCH3 is 1. The fraction of sp³-hybridized carbons (Fsp3) is 0.174. The summed E-state index contributed by atoms with van der Waals surface area (Å²) in [6, 6.07) is 12.5. The molecule has 0 spiro atoms. The van der Waals surface area contributed by atoms with Crippen LogP contribution in [0.25, 0.3) is 6.08 Å². The molecule has 0 bridgehead atoms. The van der Waals surface area contributed by atoms with E-state index in [9.17, 15) is 14.9 Å². The zero-order valence-electron chi connectivity index (χ0n) is 18.4. The van der Waals surface area contributed by atoms with Crippen LogP contribution in [-0.2, 0) is 11.3 Å². The van der Waals surface area contributed by atoms with Gasteiger partial charge < -0.3 is 14.8 Å². The standard InChI is InChI=1S/C23H21N5O5S/c1-3-33-19-7-5-17(6-8-19)27-22(29)20(25-23(27)34)11-15-4-9-21(32-2)16(10-15)13-26-14-18(12-24-26)28(30)31/h4-12,14H,3,13H2,1-2H3,(H,25,34)/b20-11+. The largest absolute Gasteiger partial charge is 0.496 e. The molecule has 0 unspecified atom stereocenters. The van der Waals surface area contributed by atoms with Crippen molar-refractivity contribution in [1.29, 1.82) is 0 Å². The van der Waals surface area contributed by atoms with Gasteiger partial charge in [-0.15, -0.1) is 0 Å². The van der Waals surface area contributed by atoms with Gasteiger partial charge in [0, 0.05) is 5.56 Å². The van der Waals surface area contributed by atoms with E-state index in [2.05, 4.69) is 10.4 Å². The summed E-state index contributed by atoms with van der Waals surface area (Å²) in [6.45, 7) is 2.71. The van der Waals surface area contributed by atoms with Gasteiger partial charge in [-0.25, -0.2) is 0 Å². The van der Waals surface area contributed by atoms with Crippen LogP contribution >= 0.6 is 12.2 Å². The number of amides is 1. The maximum Gasteiger partial charge on any atom is 0.307 e. The van der Waals surface area contributed by atoms with Crippen molar-refractivity contribution in [3.8, 4) is 11.5 Å². The van der Waals surface area contributed by atoms with Crippen LogP contribution in [0.5, 0.6) is 11.5 Å². The number of carbonyl (C=O) groups excluding carboxylic acids is 1. The van der Waals surface area contributed by atoms with Crippen LogP contribution in [0, 0.1) is 10.1 Å². The molecular formula is C23H21N5O5S. The number of nitrogens with one attached hydrogen (secondary N) is 1. The molecule has 0 aliphatic carbocycles. The minimum Gasteiger partial charge on any atom is -0.496 e. The molecule has 11 heteroatoms. The number of ether oxygens (including phenoxy) is 2. The molecule has 0 radical (unpaired) electrons. The number of hydrogen-bond donors (Lipinski definition) is 1. The fourth-order valence-corrected chi connectivity index (χ4v) is 3.81. The number of anilines is 1. The smallest absolute Gasteiger partial charge is 0.307 e. The molecule has 2 heterocycles. The minimum atomic E-state index is -0.502. The molecule has 3 aromatic rings. The summed E-state index contributed by atoms with van der Waals surface area (Å²) >= 11 is 5.39. The SMILES string of the molecule is CCOc1ccc(N2C(=O)/C(=C\c3ccc(OC)c(Cn4cc([N+](=O)[O-])cn4)c3)NC2=S)cc1. The van der Waals surface area contributed by atoms with E-state index in [-0.39, 0.29) is 23.3 Å². The Morgan fingerprint density at radius 2 is 2.00 bits per heavy atom. The number of benzene rings is 2. The van der Waals surface area contributed by atoms with Crippen LogP contribution in [0.3, 0.4) is 0 Å². The second kappa shape index (κ2) is 9.71. The van der Waals surface area contributed by atoms with Gasteiger partial charge in [0.1, 0.15) is 29.6 Å². The Kier molecular flexibility index (Phi) is 6.55. The average molecular weight is 480 g/mol. The number of rotatable bonds is 8. The maximum absolute atomic E-state index is 13.1. The third-order valence-corrected chi connectivity index (χ3v) is 5.35. The van der Waals surface area contributed by atoms with Crippen LogP contribution in [0.1, 0.15) is 18.1 Å². The summed E-state index contributed by atoms with van der Waals surface area (Å²) in [5.41, 5.74) is 2.33. The molecule has 10 nitrogen and oxygen atoms in total. The highest BCUT2D eigenvalue weighted by Crippen LogP contribution is 2.27. The van der Waals surface area contributed by atoms with E-state index < -0.39 is 4.92 Å². The lowest BCUT2D eigenvalue weighted by Crippen LogP contribution is -2.30. The summed E-state index contributed by atoms with van der Waals surface area (Å²) in [5.74, 6) is 1.02. The first kappa shape index (κ1) is 22.9. The maximum atomic E-state index is 13.1. The molecule has 1 aromatic heterocycles. The Hall–Kier alpha value is -4.25. The average Bonchev–Trinajstić information content (AvgIpc) is 3.39. The van der Waals surface area contributed by atoms with E-state index in [1.54, 1.807) is 42.5 Å². The lowest BCUT2D eigenvalue weighted by molar-refractivity contribution is -0.385. The molecule has 174 valence electrons. The predicted molar refractivity (Wildman–Crippen MR) is 130 cm³/mol. The number of hydrogen-bond acceptors (Lipinski definition) is 7. The van der Waals surface area contributed by atoms with Crippen molar-refractivity contribution in [2.45, 2.75) is 13.5 Å². The van der Waals surface area contributed by atoms with Crippen LogP contribution in [0.15, 0.2) is 60.6 Å². The van der Waals surface area contributed by atoms with Crippen LogP contribution < -0.4 is 19.7 Å². The van der Waals surface area contributed by atoms with Crippen molar-refractivity contribution in [2.75, 3.05) is 18.6 Å². The molecule has 1 fully saturated rings. The van der Waals surface area contributed by atoms with Crippen molar-refractivity contribution in [3.63, 3.8) is 0 Å². The summed E-state index contributed by atoms with van der Waals surface area (Å²) < 4.78 is 12.3. The molecule has 0 atom stereocenters. The predicted octanol–water partition coefficient (Wildman–Crippen LogP) is 3.51. The van der Waals surface area contributed by atoms with Crippen molar-refractivity contribution in [2.24, 2.45) is 0 Å². The van der Waals surface area contributed by atoms with Gasteiger partial charge in [0.05, 0.1) is 30.9 Å². The zero-order chi connectivity index (χ0) is 24.2. The third-order valence-electron chi connectivity index (χ3n) is 5.06. The van der Waals surface area contributed by atoms with Crippen molar-refractivity contribution in [1.82, 2.24) is 15.1 Å².